The van der Waals surface area contributed by atoms with E-state index in [0.717, 1.165) is 43.2 Å². The molecule has 0 aromatic heterocycles. The molecular formula is C24H28BrO5P. The quantitative estimate of drug-likeness (QED) is 0.281. The molecule has 0 spiro atoms. The molecule has 0 amide bonds. The molecule has 0 aliphatic carbocycles. The molecule has 0 saturated carbocycles. The summed E-state index contributed by atoms with van der Waals surface area (Å²) in [7, 11) is -1.61. The lowest BCUT2D eigenvalue weighted by molar-refractivity contribution is 0.197. The van der Waals surface area contributed by atoms with Crippen LogP contribution in [0.1, 0.15) is 25.0 Å². The van der Waals surface area contributed by atoms with Gasteiger partial charge in [0.2, 0.25) is 0 Å². The van der Waals surface area contributed by atoms with Gasteiger partial charge in [-0.1, -0.05) is 24.3 Å². The van der Waals surface area contributed by atoms with Crippen LogP contribution in [0.5, 0.6) is 11.5 Å². The molecular weight excluding hydrogens is 479 g/mol. The third-order valence-electron chi connectivity index (χ3n) is 4.96. The molecule has 3 aromatic carbocycles. The van der Waals surface area contributed by atoms with E-state index in [-0.39, 0.29) is 6.35 Å². The van der Waals surface area contributed by atoms with Crippen molar-refractivity contribution in [2.45, 2.75) is 27.7 Å². The zero-order valence-corrected chi connectivity index (χ0v) is 21.0. The lowest BCUT2D eigenvalue weighted by Crippen LogP contribution is -2.06. The van der Waals surface area contributed by atoms with E-state index in [0.29, 0.717) is 19.0 Å². The Balaban J connectivity index is 2.05. The molecule has 0 unspecified atom stereocenters. The van der Waals surface area contributed by atoms with Crippen LogP contribution in [-0.2, 0) is 13.6 Å². The first-order chi connectivity index (χ1) is 14.8. The molecule has 0 aliphatic heterocycles. The van der Waals surface area contributed by atoms with Crippen molar-refractivity contribution in [3.63, 3.8) is 0 Å². The number of halogens is 1. The van der Waals surface area contributed by atoms with Gasteiger partial charge in [-0.3, -0.25) is 4.57 Å². The first-order valence-corrected chi connectivity index (χ1v) is 12.7. The molecule has 0 fully saturated rings. The fraction of sp³-hybridized carbons (Fsp3) is 0.333. The molecule has 5 nitrogen and oxygen atoms in total. The van der Waals surface area contributed by atoms with Gasteiger partial charge in [0.15, 0.2) is 6.35 Å². The highest BCUT2D eigenvalue weighted by Gasteiger charge is 2.25. The van der Waals surface area contributed by atoms with Crippen molar-refractivity contribution in [3.8, 4) is 22.6 Å². The van der Waals surface area contributed by atoms with Crippen LogP contribution in [0.2, 0.25) is 0 Å². The van der Waals surface area contributed by atoms with Gasteiger partial charge in [0.25, 0.3) is 0 Å². The van der Waals surface area contributed by atoms with E-state index < -0.39 is 7.60 Å². The van der Waals surface area contributed by atoms with E-state index in [9.17, 15) is 4.57 Å². The van der Waals surface area contributed by atoms with Crippen LogP contribution >= 0.6 is 23.5 Å². The summed E-state index contributed by atoms with van der Waals surface area (Å²) >= 11 is 3.66. The molecule has 0 saturated heterocycles. The number of fused-ring (bicyclic) bond motifs is 1. The van der Waals surface area contributed by atoms with E-state index in [1.54, 1.807) is 21.0 Å². The van der Waals surface area contributed by atoms with E-state index in [2.05, 4.69) is 34.1 Å². The van der Waals surface area contributed by atoms with Crippen LogP contribution < -0.4 is 9.47 Å². The van der Waals surface area contributed by atoms with Crippen molar-refractivity contribution in [2.75, 3.05) is 26.7 Å². The Morgan fingerprint density at radius 1 is 0.935 bits per heavy atom. The molecule has 0 aliphatic rings. The summed E-state index contributed by atoms with van der Waals surface area (Å²) in [6.45, 7) is 8.24. The summed E-state index contributed by atoms with van der Waals surface area (Å²) in [5, 5.41) is 2.23. The molecule has 0 N–H and O–H groups in total. The zero-order chi connectivity index (χ0) is 22.6. The van der Waals surface area contributed by atoms with Crippen LogP contribution in [0.25, 0.3) is 21.9 Å². The van der Waals surface area contributed by atoms with E-state index >= 15 is 0 Å². The number of ether oxygens (including phenoxy) is 2. The highest BCUT2D eigenvalue weighted by molar-refractivity contribution is 9.10. The molecule has 0 atom stereocenters. The third-order valence-corrected chi connectivity index (χ3v) is 7.30. The Hall–Kier alpha value is -1.85. The summed E-state index contributed by atoms with van der Waals surface area (Å²) in [6, 6.07) is 14.2. The van der Waals surface area contributed by atoms with Gasteiger partial charge < -0.3 is 18.5 Å². The normalized spacial score (nSPS) is 11.7. The van der Waals surface area contributed by atoms with Gasteiger partial charge in [-0.2, -0.15) is 0 Å². The lowest BCUT2D eigenvalue weighted by atomic mass is 9.90. The lowest BCUT2D eigenvalue weighted by Gasteiger charge is -2.20. The monoisotopic (exact) mass is 506 g/mol. The van der Waals surface area contributed by atoms with Crippen LogP contribution in [0, 0.1) is 13.8 Å². The molecule has 166 valence electrons. The predicted octanol–water partition coefficient (Wildman–Crippen LogP) is 7.50. The molecule has 0 radical (unpaired) electrons. The first kappa shape index (κ1) is 23.8. The molecule has 7 heteroatoms. The molecule has 0 bridgehead atoms. The van der Waals surface area contributed by atoms with Crippen molar-refractivity contribution < 1.29 is 23.1 Å². The molecule has 31 heavy (non-hydrogen) atoms. The highest BCUT2D eigenvalue weighted by atomic mass is 79.9. The predicted molar refractivity (Wildman–Crippen MR) is 129 cm³/mol. The molecule has 3 rings (SSSR count). The summed E-state index contributed by atoms with van der Waals surface area (Å²) in [5.74, 6) is 1.41. The Morgan fingerprint density at radius 2 is 1.55 bits per heavy atom. The largest absolute Gasteiger partial charge is 0.495 e. The molecule has 3 aromatic rings. The van der Waals surface area contributed by atoms with Crippen molar-refractivity contribution in [1.29, 1.82) is 0 Å². The second-order valence-corrected chi connectivity index (χ2v) is 9.99. The summed E-state index contributed by atoms with van der Waals surface area (Å²) in [6.07, 6.45) is -0.129. The average Bonchev–Trinajstić information content (AvgIpc) is 2.72. The number of aryl methyl sites for hydroxylation is 2. The van der Waals surface area contributed by atoms with E-state index in [1.807, 2.05) is 38.1 Å². The second kappa shape index (κ2) is 10.2. The van der Waals surface area contributed by atoms with Crippen molar-refractivity contribution in [3.05, 3.63) is 58.1 Å². The summed E-state index contributed by atoms with van der Waals surface area (Å²) < 4.78 is 35.9. The Morgan fingerprint density at radius 3 is 2.13 bits per heavy atom. The highest BCUT2D eigenvalue weighted by Crippen LogP contribution is 2.49. The topological polar surface area (TPSA) is 54.0 Å². The van der Waals surface area contributed by atoms with Crippen molar-refractivity contribution >= 4 is 34.3 Å². The Kier molecular flexibility index (Phi) is 7.82. The fourth-order valence-electron chi connectivity index (χ4n) is 3.80. The standard InChI is InChI=1S/C24H28BrO5P/c1-6-29-31(26,30-7-2)15-28-19-12-16(3)22(17(4)13-19)23-20-11-9-8-10-18(20)14-21(25)24(23)27-5/h8-14H,6-7,15H2,1-5H3. The first-order valence-electron chi connectivity index (χ1n) is 10.2. The Labute approximate surface area is 192 Å². The number of hydrogen-bond donors (Lipinski definition) is 0. The molecule has 0 heterocycles. The van der Waals surface area contributed by atoms with Crippen molar-refractivity contribution in [1.82, 2.24) is 0 Å². The smallest absolute Gasteiger partial charge is 0.367 e. The maximum atomic E-state index is 12.7. The Bertz CT molecular complexity index is 1100. The minimum Gasteiger partial charge on any atom is -0.495 e. The van der Waals surface area contributed by atoms with Crippen LogP contribution in [0.3, 0.4) is 0 Å². The van der Waals surface area contributed by atoms with Crippen LogP contribution in [0.15, 0.2) is 46.9 Å². The number of benzene rings is 3. The van der Waals surface area contributed by atoms with Gasteiger partial charge in [0, 0.05) is 5.56 Å². The fourth-order valence-corrected chi connectivity index (χ4v) is 5.73. The maximum absolute atomic E-state index is 12.7. The number of rotatable bonds is 9. The maximum Gasteiger partial charge on any atom is 0.367 e. The second-order valence-electron chi connectivity index (χ2n) is 7.14. The van der Waals surface area contributed by atoms with Crippen molar-refractivity contribution in [2.24, 2.45) is 0 Å². The summed E-state index contributed by atoms with van der Waals surface area (Å²) in [4.78, 5) is 0. The third kappa shape index (κ3) is 5.15. The minimum atomic E-state index is -3.29. The number of methoxy groups -OCH3 is 1. The SMILES string of the molecule is CCOP(=O)(COc1cc(C)c(-c2c(OC)c(Br)cc3ccccc23)c(C)c1)OCC. The summed E-state index contributed by atoms with van der Waals surface area (Å²) in [5.41, 5.74) is 4.17. The van der Waals surface area contributed by atoms with Gasteiger partial charge in [0.05, 0.1) is 24.8 Å². The van der Waals surface area contributed by atoms with Gasteiger partial charge in [-0.25, -0.2) is 0 Å². The zero-order valence-electron chi connectivity index (χ0n) is 18.5. The van der Waals surface area contributed by atoms with Gasteiger partial charge >= 0.3 is 7.60 Å². The average molecular weight is 507 g/mol. The number of hydrogen-bond acceptors (Lipinski definition) is 5. The van der Waals surface area contributed by atoms with Gasteiger partial charge in [0.1, 0.15) is 11.5 Å². The van der Waals surface area contributed by atoms with Crippen LogP contribution in [-0.4, -0.2) is 26.7 Å². The van der Waals surface area contributed by atoms with E-state index in [1.165, 1.54) is 0 Å². The van der Waals surface area contributed by atoms with Gasteiger partial charge in [-0.15, -0.1) is 0 Å². The minimum absolute atomic E-state index is 0.129. The van der Waals surface area contributed by atoms with Gasteiger partial charge in [-0.05, 0) is 89.3 Å². The van der Waals surface area contributed by atoms with Crippen LogP contribution in [0.4, 0.5) is 0 Å². The van der Waals surface area contributed by atoms with E-state index in [4.69, 9.17) is 18.5 Å².